The quantitative estimate of drug-likeness (QED) is 0.735. The molecule has 2 heteroatoms. The van der Waals surface area contributed by atoms with Crippen LogP contribution in [0.1, 0.15) is 12.5 Å². The van der Waals surface area contributed by atoms with Crippen LogP contribution in [-0.2, 0) is 0 Å². The maximum absolute atomic E-state index is 5.93. The van der Waals surface area contributed by atoms with Gasteiger partial charge in [0.05, 0.1) is 0 Å². The number of nitrogens with one attached hydrogen (secondary N) is 1. The Bertz CT molecular complexity index is 305. The van der Waals surface area contributed by atoms with Crippen molar-refractivity contribution in [3.8, 4) is 0 Å². The van der Waals surface area contributed by atoms with Gasteiger partial charge in [0.15, 0.2) is 0 Å². The first-order chi connectivity index (χ1) is 5.59. The third kappa shape index (κ3) is 2.28. The first-order valence-electron chi connectivity index (χ1n) is 3.78. The Morgan fingerprint density at radius 2 is 2.17 bits per heavy atom. The lowest BCUT2D eigenvalue weighted by Crippen LogP contribution is -1.93. The molecule has 0 spiro atoms. The zero-order valence-corrected chi connectivity index (χ0v) is 8.07. The Kier molecular flexibility index (Phi) is 2.77. The molecular weight excluding hydrogens is 170 g/mol. The van der Waals surface area contributed by atoms with Crippen molar-refractivity contribution in [1.82, 2.24) is 0 Å². The van der Waals surface area contributed by atoms with Crippen LogP contribution in [0.4, 0.5) is 5.69 Å². The van der Waals surface area contributed by atoms with Crippen LogP contribution in [0.15, 0.2) is 30.5 Å². The van der Waals surface area contributed by atoms with E-state index in [1.807, 2.05) is 32.0 Å². The minimum atomic E-state index is 0.779. The summed E-state index contributed by atoms with van der Waals surface area (Å²) in [6, 6.07) is 5.86. The molecular formula is C10H12ClN. The van der Waals surface area contributed by atoms with Crippen molar-refractivity contribution in [2.75, 3.05) is 5.32 Å². The number of hydrogen-bond acceptors (Lipinski definition) is 1. The highest BCUT2D eigenvalue weighted by atomic mass is 35.5. The highest BCUT2D eigenvalue weighted by molar-refractivity contribution is 6.31. The fraction of sp³-hybridized carbons (Fsp3) is 0.200. The Morgan fingerprint density at radius 1 is 1.50 bits per heavy atom. The van der Waals surface area contributed by atoms with E-state index in [9.17, 15) is 0 Å². The molecule has 1 N–H and O–H groups in total. The van der Waals surface area contributed by atoms with Gasteiger partial charge in [0.1, 0.15) is 0 Å². The van der Waals surface area contributed by atoms with Gasteiger partial charge in [0.25, 0.3) is 0 Å². The van der Waals surface area contributed by atoms with Gasteiger partial charge in [-0.15, -0.1) is 0 Å². The Balaban J connectivity index is 2.89. The minimum Gasteiger partial charge on any atom is -0.360 e. The highest BCUT2D eigenvalue weighted by Gasteiger charge is 1.96. The minimum absolute atomic E-state index is 0.779. The lowest BCUT2D eigenvalue weighted by Gasteiger charge is -2.06. The second-order valence-electron chi connectivity index (χ2n) is 2.87. The molecule has 0 saturated heterocycles. The third-order valence-electron chi connectivity index (χ3n) is 1.53. The molecule has 1 aromatic rings. The number of hydrogen-bond donors (Lipinski definition) is 1. The molecule has 0 bridgehead atoms. The molecule has 0 heterocycles. The van der Waals surface area contributed by atoms with Gasteiger partial charge in [-0.1, -0.05) is 24.2 Å². The molecule has 0 aliphatic carbocycles. The largest absolute Gasteiger partial charge is 0.360 e. The van der Waals surface area contributed by atoms with Crippen molar-refractivity contribution < 1.29 is 0 Å². The van der Waals surface area contributed by atoms with E-state index < -0.39 is 0 Å². The van der Waals surface area contributed by atoms with Gasteiger partial charge in [0.2, 0.25) is 0 Å². The molecule has 0 aliphatic rings. The maximum Gasteiger partial charge on any atom is 0.0455 e. The van der Waals surface area contributed by atoms with Gasteiger partial charge >= 0.3 is 0 Å². The summed E-state index contributed by atoms with van der Waals surface area (Å²) in [7, 11) is 0. The molecule has 0 aliphatic heterocycles. The molecule has 0 atom stereocenters. The van der Waals surface area contributed by atoms with Gasteiger partial charge in [0, 0.05) is 16.4 Å². The fourth-order valence-corrected chi connectivity index (χ4v) is 1.10. The van der Waals surface area contributed by atoms with Gasteiger partial charge in [-0.2, -0.15) is 0 Å². The van der Waals surface area contributed by atoms with Crippen molar-refractivity contribution >= 4 is 17.3 Å². The van der Waals surface area contributed by atoms with E-state index in [1.165, 1.54) is 0 Å². The Morgan fingerprint density at radius 3 is 2.67 bits per heavy atom. The Labute approximate surface area is 78.1 Å². The lowest BCUT2D eigenvalue weighted by molar-refractivity contribution is 1.38. The van der Waals surface area contributed by atoms with E-state index in [1.54, 1.807) is 0 Å². The fourth-order valence-electron chi connectivity index (χ4n) is 0.917. The molecule has 0 fully saturated rings. The van der Waals surface area contributed by atoms with Crippen molar-refractivity contribution in [3.63, 3.8) is 0 Å². The topological polar surface area (TPSA) is 12.0 Å². The third-order valence-corrected chi connectivity index (χ3v) is 1.94. The normalized spacial score (nSPS) is 9.58. The average Bonchev–Trinajstić information content (AvgIpc) is 1.96. The SMILES string of the molecule is C=C(C)Nc1ccc(C)c(Cl)c1. The summed E-state index contributed by atoms with van der Waals surface area (Å²) in [6.07, 6.45) is 0. The summed E-state index contributed by atoms with van der Waals surface area (Å²) in [6.45, 7) is 7.64. The molecule has 1 rings (SSSR count). The summed E-state index contributed by atoms with van der Waals surface area (Å²) in [4.78, 5) is 0. The van der Waals surface area contributed by atoms with E-state index in [-0.39, 0.29) is 0 Å². The van der Waals surface area contributed by atoms with Crippen molar-refractivity contribution in [3.05, 3.63) is 41.1 Å². The van der Waals surface area contributed by atoms with Gasteiger partial charge < -0.3 is 5.32 Å². The lowest BCUT2D eigenvalue weighted by atomic mass is 10.2. The summed E-state index contributed by atoms with van der Waals surface area (Å²) < 4.78 is 0. The molecule has 12 heavy (non-hydrogen) atoms. The zero-order chi connectivity index (χ0) is 9.14. The van der Waals surface area contributed by atoms with Crippen LogP contribution in [0.2, 0.25) is 5.02 Å². The smallest absolute Gasteiger partial charge is 0.0455 e. The predicted molar refractivity (Wildman–Crippen MR) is 54.6 cm³/mol. The molecule has 0 amide bonds. The maximum atomic E-state index is 5.93. The standard InChI is InChI=1S/C10H12ClN/c1-7(2)12-9-5-4-8(3)10(11)6-9/h4-6,12H,1H2,2-3H3. The van der Waals surface area contributed by atoms with Crippen LogP contribution >= 0.6 is 11.6 Å². The van der Waals surface area contributed by atoms with Gasteiger partial charge in [-0.25, -0.2) is 0 Å². The number of rotatable bonds is 2. The molecule has 0 aromatic heterocycles. The predicted octanol–water partition coefficient (Wildman–Crippen LogP) is 3.59. The second kappa shape index (κ2) is 3.63. The number of allylic oxidation sites excluding steroid dienone is 1. The molecule has 64 valence electrons. The molecule has 1 nitrogen and oxygen atoms in total. The van der Waals surface area contributed by atoms with E-state index in [2.05, 4.69) is 11.9 Å². The van der Waals surface area contributed by atoms with Gasteiger partial charge in [-0.3, -0.25) is 0 Å². The summed E-state index contributed by atoms with van der Waals surface area (Å²) >= 11 is 5.93. The van der Waals surface area contributed by atoms with E-state index in [4.69, 9.17) is 11.6 Å². The zero-order valence-electron chi connectivity index (χ0n) is 7.32. The number of aryl methyl sites for hydroxylation is 1. The number of benzene rings is 1. The van der Waals surface area contributed by atoms with Crippen LogP contribution < -0.4 is 5.32 Å². The molecule has 0 unspecified atom stereocenters. The van der Waals surface area contributed by atoms with Crippen molar-refractivity contribution in [1.29, 1.82) is 0 Å². The number of anilines is 1. The first-order valence-corrected chi connectivity index (χ1v) is 4.16. The van der Waals surface area contributed by atoms with E-state index in [0.717, 1.165) is 22.0 Å². The average molecular weight is 182 g/mol. The monoisotopic (exact) mass is 181 g/mol. The van der Waals surface area contributed by atoms with E-state index >= 15 is 0 Å². The van der Waals surface area contributed by atoms with Crippen LogP contribution in [0.25, 0.3) is 0 Å². The molecule has 0 saturated carbocycles. The Hall–Kier alpha value is -0.950. The van der Waals surface area contributed by atoms with Crippen molar-refractivity contribution in [2.45, 2.75) is 13.8 Å². The summed E-state index contributed by atoms with van der Waals surface area (Å²) in [5.74, 6) is 0. The van der Waals surface area contributed by atoms with E-state index in [0.29, 0.717) is 0 Å². The first kappa shape index (κ1) is 9.14. The van der Waals surface area contributed by atoms with Gasteiger partial charge in [-0.05, 0) is 31.5 Å². The summed E-state index contributed by atoms with van der Waals surface area (Å²) in [5, 5.41) is 3.87. The van der Waals surface area contributed by atoms with Crippen LogP contribution in [0.3, 0.4) is 0 Å². The highest BCUT2D eigenvalue weighted by Crippen LogP contribution is 2.20. The number of halogens is 1. The van der Waals surface area contributed by atoms with Crippen LogP contribution in [0, 0.1) is 6.92 Å². The van der Waals surface area contributed by atoms with Crippen molar-refractivity contribution in [2.24, 2.45) is 0 Å². The van der Waals surface area contributed by atoms with Crippen LogP contribution in [-0.4, -0.2) is 0 Å². The second-order valence-corrected chi connectivity index (χ2v) is 3.28. The molecule has 1 aromatic carbocycles. The van der Waals surface area contributed by atoms with Crippen LogP contribution in [0.5, 0.6) is 0 Å². The summed E-state index contributed by atoms with van der Waals surface area (Å²) in [5.41, 5.74) is 2.98. The molecule has 0 radical (unpaired) electrons.